The first-order chi connectivity index (χ1) is 9.04. The van der Waals surface area contributed by atoms with Gasteiger partial charge in [-0.2, -0.15) is 0 Å². The van der Waals surface area contributed by atoms with Crippen molar-refractivity contribution in [2.45, 2.75) is 46.6 Å². The minimum atomic E-state index is -0.110. The summed E-state index contributed by atoms with van der Waals surface area (Å²) in [7, 11) is 0. The van der Waals surface area contributed by atoms with Crippen LogP contribution in [0.15, 0.2) is 12.1 Å². The highest BCUT2D eigenvalue weighted by Gasteiger charge is 2.19. The highest BCUT2D eigenvalue weighted by atomic mass is 32.1. The zero-order chi connectivity index (χ0) is 14.0. The van der Waals surface area contributed by atoms with Gasteiger partial charge in [0.2, 0.25) is 0 Å². The molecule has 0 aliphatic carbocycles. The largest absolute Gasteiger partial charge is 0.319 e. The van der Waals surface area contributed by atoms with E-state index in [1.165, 1.54) is 33.8 Å². The van der Waals surface area contributed by atoms with Crippen molar-refractivity contribution in [2.24, 2.45) is 5.73 Å². The van der Waals surface area contributed by atoms with Gasteiger partial charge in [-0.15, -0.1) is 5.10 Å². The zero-order valence-electron chi connectivity index (χ0n) is 12.0. The number of nitrogens with two attached hydrogens (primary N) is 1. The van der Waals surface area contributed by atoms with Crippen LogP contribution in [0.1, 0.15) is 52.2 Å². The summed E-state index contributed by atoms with van der Waals surface area (Å²) >= 11 is 1.43. The molecule has 1 unspecified atom stereocenters. The molecule has 2 rings (SSSR count). The number of hydrogen-bond acceptors (Lipinski definition) is 4. The molecule has 0 amide bonds. The number of benzene rings is 1. The van der Waals surface area contributed by atoms with Gasteiger partial charge >= 0.3 is 0 Å². The van der Waals surface area contributed by atoms with Crippen molar-refractivity contribution in [3.05, 3.63) is 45.0 Å². The van der Waals surface area contributed by atoms with Crippen LogP contribution in [0.2, 0.25) is 0 Å². The highest BCUT2D eigenvalue weighted by Crippen LogP contribution is 2.29. The summed E-state index contributed by atoms with van der Waals surface area (Å²) in [4.78, 5) is 1.10. The van der Waals surface area contributed by atoms with E-state index in [1.54, 1.807) is 0 Å². The molecule has 0 aliphatic rings. The molecule has 0 bridgehead atoms. The van der Waals surface area contributed by atoms with Gasteiger partial charge in [-0.1, -0.05) is 30.0 Å². The first-order valence-electron chi connectivity index (χ1n) is 6.69. The highest BCUT2D eigenvalue weighted by molar-refractivity contribution is 7.05. The number of hydrogen-bond donors (Lipinski definition) is 1. The Morgan fingerprint density at radius 1 is 1.16 bits per heavy atom. The third kappa shape index (κ3) is 2.85. The SMILES string of the molecule is CCCc1nnsc1C(N)c1cc(C)c(C)cc1C. The lowest BCUT2D eigenvalue weighted by molar-refractivity contribution is 0.809. The molecule has 0 radical (unpaired) electrons. The van der Waals surface area contributed by atoms with Crippen LogP contribution in [0.5, 0.6) is 0 Å². The molecule has 1 aromatic heterocycles. The molecule has 0 saturated heterocycles. The molecule has 0 spiro atoms. The molecular weight excluding hydrogens is 254 g/mol. The molecule has 0 saturated carbocycles. The fourth-order valence-electron chi connectivity index (χ4n) is 2.32. The Kier molecular flexibility index (Phi) is 4.32. The van der Waals surface area contributed by atoms with Crippen LogP contribution in [0.3, 0.4) is 0 Å². The van der Waals surface area contributed by atoms with Gasteiger partial charge in [-0.25, -0.2) is 0 Å². The van der Waals surface area contributed by atoms with E-state index >= 15 is 0 Å². The van der Waals surface area contributed by atoms with Gasteiger partial charge in [0, 0.05) is 0 Å². The van der Waals surface area contributed by atoms with Crippen molar-refractivity contribution >= 4 is 11.5 Å². The molecule has 19 heavy (non-hydrogen) atoms. The predicted molar refractivity (Wildman–Crippen MR) is 80.6 cm³/mol. The van der Waals surface area contributed by atoms with Crippen LogP contribution < -0.4 is 5.73 Å². The van der Waals surface area contributed by atoms with E-state index in [0.717, 1.165) is 23.4 Å². The van der Waals surface area contributed by atoms with Crippen molar-refractivity contribution in [1.29, 1.82) is 0 Å². The van der Waals surface area contributed by atoms with E-state index in [9.17, 15) is 0 Å². The first kappa shape index (κ1) is 14.2. The van der Waals surface area contributed by atoms with E-state index < -0.39 is 0 Å². The lowest BCUT2D eigenvalue weighted by atomic mass is 9.94. The Morgan fingerprint density at radius 3 is 2.53 bits per heavy atom. The monoisotopic (exact) mass is 275 g/mol. The Labute approximate surface area is 119 Å². The van der Waals surface area contributed by atoms with Crippen molar-refractivity contribution in [2.75, 3.05) is 0 Å². The average Bonchev–Trinajstić information content (AvgIpc) is 2.82. The third-order valence-electron chi connectivity index (χ3n) is 3.57. The second kappa shape index (κ2) is 5.80. The Balaban J connectivity index is 2.41. The van der Waals surface area contributed by atoms with Gasteiger partial charge in [-0.3, -0.25) is 0 Å². The van der Waals surface area contributed by atoms with Crippen LogP contribution >= 0.6 is 11.5 Å². The Hall–Kier alpha value is -1.26. The second-order valence-electron chi connectivity index (χ2n) is 5.10. The molecule has 2 aromatic rings. The molecule has 2 N–H and O–H groups in total. The van der Waals surface area contributed by atoms with Crippen molar-refractivity contribution in [1.82, 2.24) is 9.59 Å². The van der Waals surface area contributed by atoms with Gasteiger partial charge in [-0.05, 0) is 61.0 Å². The van der Waals surface area contributed by atoms with Crippen LogP contribution in [-0.4, -0.2) is 9.59 Å². The summed E-state index contributed by atoms with van der Waals surface area (Å²) in [5, 5.41) is 4.21. The molecule has 1 atom stereocenters. The van der Waals surface area contributed by atoms with Crippen LogP contribution in [-0.2, 0) is 6.42 Å². The maximum Gasteiger partial charge on any atom is 0.0807 e. The summed E-state index contributed by atoms with van der Waals surface area (Å²) in [5.74, 6) is 0. The fraction of sp³-hybridized carbons (Fsp3) is 0.467. The van der Waals surface area contributed by atoms with Crippen LogP contribution in [0, 0.1) is 20.8 Å². The maximum atomic E-state index is 6.44. The van der Waals surface area contributed by atoms with Crippen LogP contribution in [0.25, 0.3) is 0 Å². The number of aryl methyl sites for hydroxylation is 4. The van der Waals surface area contributed by atoms with Gasteiger partial charge in [0.25, 0.3) is 0 Å². The minimum absolute atomic E-state index is 0.110. The van der Waals surface area contributed by atoms with Gasteiger partial charge < -0.3 is 5.73 Å². The summed E-state index contributed by atoms with van der Waals surface area (Å²) in [6.45, 7) is 8.53. The molecule has 1 aromatic carbocycles. The van der Waals surface area contributed by atoms with Gasteiger partial charge in [0.15, 0.2) is 0 Å². The molecule has 4 heteroatoms. The van der Waals surface area contributed by atoms with E-state index in [-0.39, 0.29) is 6.04 Å². The molecule has 1 heterocycles. The van der Waals surface area contributed by atoms with Gasteiger partial charge in [0.05, 0.1) is 16.6 Å². The maximum absolute atomic E-state index is 6.44. The third-order valence-corrected chi connectivity index (χ3v) is 4.42. The smallest absolute Gasteiger partial charge is 0.0807 e. The predicted octanol–water partition coefficient (Wildman–Crippen LogP) is 3.46. The van der Waals surface area contributed by atoms with E-state index in [2.05, 4.69) is 49.4 Å². The van der Waals surface area contributed by atoms with Crippen molar-refractivity contribution in [3.8, 4) is 0 Å². The molecule has 102 valence electrons. The molecule has 0 aliphatic heterocycles. The number of aromatic nitrogens is 2. The minimum Gasteiger partial charge on any atom is -0.319 e. The molecule has 3 nitrogen and oxygen atoms in total. The number of nitrogens with zero attached hydrogens (tertiary/aromatic N) is 2. The summed E-state index contributed by atoms with van der Waals surface area (Å²) in [6.07, 6.45) is 2.01. The Bertz CT molecular complexity index is 575. The Morgan fingerprint density at radius 2 is 1.84 bits per heavy atom. The lowest BCUT2D eigenvalue weighted by Gasteiger charge is -2.16. The second-order valence-corrected chi connectivity index (χ2v) is 5.89. The van der Waals surface area contributed by atoms with E-state index in [0.29, 0.717) is 0 Å². The topological polar surface area (TPSA) is 51.8 Å². The van der Waals surface area contributed by atoms with Crippen LogP contribution in [0.4, 0.5) is 0 Å². The molecular formula is C15H21N3S. The summed E-state index contributed by atoms with van der Waals surface area (Å²) in [6, 6.07) is 4.30. The van der Waals surface area contributed by atoms with Crippen molar-refractivity contribution < 1.29 is 0 Å². The summed E-state index contributed by atoms with van der Waals surface area (Å²) < 4.78 is 4.07. The van der Waals surface area contributed by atoms with E-state index in [4.69, 9.17) is 5.73 Å². The standard InChI is InChI=1S/C15H21N3S/c1-5-6-13-15(19-18-17-13)14(16)12-8-10(3)9(2)7-11(12)4/h7-8,14H,5-6,16H2,1-4H3. The fourth-order valence-corrected chi connectivity index (χ4v) is 3.04. The lowest BCUT2D eigenvalue weighted by Crippen LogP contribution is -2.14. The quantitative estimate of drug-likeness (QED) is 0.929. The first-order valence-corrected chi connectivity index (χ1v) is 7.46. The number of rotatable bonds is 4. The van der Waals surface area contributed by atoms with Crippen molar-refractivity contribution in [3.63, 3.8) is 0 Å². The summed E-state index contributed by atoms with van der Waals surface area (Å²) in [5.41, 5.74) is 12.5. The van der Waals surface area contributed by atoms with Gasteiger partial charge in [0.1, 0.15) is 0 Å². The average molecular weight is 275 g/mol. The zero-order valence-corrected chi connectivity index (χ0v) is 12.8. The van der Waals surface area contributed by atoms with E-state index in [1.807, 2.05) is 0 Å². The normalized spacial score (nSPS) is 12.7. The molecule has 0 fully saturated rings.